The van der Waals surface area contributed by atoms with Crippen LogP contribution in [0.1, 0.15) is 11.3 Å². The number of ether oxygens (including phenoxy) is 1. The van der Waals surface area contributed by atoms with Crippen molar-refractivity contribution in [3.63, 3.8) is 0 Å². The minimum Gasteiger partial charge on any atom is -0.479 e. The van der Waals surface area contributed by atoms with Crippen molar-refractivity contribution in [2.45, 2.75) is 13.5 Å². The van der Waals surface area contributed by atoms with Gasteiger partial charge < -0.3 is 9.84 Å². The number of aromatic nitrogens is 1. The third kappa shape index (κ3) is 1.53. The van der Waals surface area contributed by atoms with Crippen molar-refractivity contribution in [2.75, 3.05) is 7.11 Å². The van der Waals surface area contributed by atoms with Crippen LogP contribution in [0.2, 0.25) is 0 Å². The summed E-state index contributed by atoms with van der Waals surface area (Å²) in [5, 5.41) is 8.74. The molecular formula is C8H10FNO2. The second-order valence-electron chi connectivity index (χ2n) is 2.40. The lowest BCUT2D eigenvalue weighted by Gasteiger charge is -2.05. The molecule has 0 aromatic carbocycles. The van der Waals surface area contributed by atoms with Gasteiger partial charge >= 0.3 is 0 Å². The Labute approximate surface area is 69.8 Å². The van der Waals surface area contributed by atoms with Gasteiger partial charge in [0.1, 0.15) is 0 Å². The third-order valence-corrected chi connectivity index (χ3v) is 1.49. The molecule has 12 heavy (non-hydrogen) atoms. The zero-order valence-electron chi connectivity index (χ0n) is 6.97. The maximum atomic E-state index is 13.1. The van der Waals surface area contributed by atoms with Crippen LogP contribution in [0.3, 0.4) is 0 Å². The van der Waals surface area contributed by atoms with Crippen LogP contribution < -0.4 is 4.74 Å². The van der Waals surface area contributed by atoms with Crippen LogP contribution in [0, 0.1) is 12.7 Å². The molecule has 0 aliphatic heterocycles. The molecule has 0 atom stereocenters. The molecule has 66 valence electrons. The molecule has 0 fully saturated rings. The molecule has 1 heterocycles. The van der Waals surface area contributed by atoms with Gasteiger partial charge in [-0.25, -0.2) is 9.37 Å². The fourth-order valence-electron chi connectivity index (χ4n) is 0.945. The Balaban J connectivity index is 3.22. The molecule has 0 amide bonds. The van der Waals surface area contributed by atoms with Crippen LogP contribution in [0.25, 0.3) is 0 Å². The average Bonchev–Trinajstić information content (AvgIpc) is 2.08. The number of aliphatic hydroxyl groups excluding tert-OH is 1. The highest BCUT2D eigenvalue weighted by Gasteiger charge is 2.10. The first-order valence-electron chi connectivity index (χ1n) is 3.50. The van der Waals surface area contributed by atoms with Gasteiger partial charge in [-0.2, -0.15) is 0 Å². The molecule has 0 aliphatic rings. The summed E-state index contributed by atoms with van der Waals surface area (Å²) in [6, 6.07) is 1.48. The van der Waals surface area contributed by atoms with E-state index in [1.165, 1.54) is 13.2 Å². The van der Waals surface area contributed by atoms with E-state index in [-0.39, 0.29) is 18.1 Å². The van der Waals surface area contributed by atoms with E-state index in [4.69, 9.17) is 5.11 Å². The van der Waals surface area contributed by atoms with Crippen LogP contribution in [0.15, 0.2) is 6.07 Å². The van der Waals surface area contributed by atoms with Gasteiger partial charge in [0.25, 0.3) is 5.88 Å². The smallest absolute Gasteiger partial charge is 0.250 e. The van der Waals surface area contributed by atoms with Crippen molar-refractivity contribution in [3.8, 4) is 5.88 Å². The molecule has 0 saturated carbocycles. The fourth-order valence-corrected chi connectivity index (χ4v) is 0.945. The Hall–Kier alpha value is -1.16. The van der Waals surface area contributed by atoms with E-state index >= 15 is 0 Å². The Morgan fingerprint density at radius 3 is 2.83 bits per heavy atom. The molecular weight excluding hydrogens is 161 g/mol. The molecule has 0 bridgehead atoms. The average molecular weight is 171 g/mol. The normalized spacial score (nSPS) is 10.0. The van der Waals surface area contributed by atoms with Gasteiger partial charge in [0.05, 0.1) is 13.7 Å². The van der Waals surface area contributed by atoms with Crippen molar-refractivity contribution >= 4 is 0 Å². The molecule has 0 radical (unpaired) electrons. The summed E-state index contributed by atoms with van der Waals surface area (Å²) in [4.78, 5) is 3.79. The first-order chi connectivity index (χ1) is 5.69. The minimum absolute atomic E-state index is 0.0703. The summed E-state index contributed by atoms with van der Waals surface area (Å²) in [5.41, 5.74) is 0.830. The highest BCUT2D eigenvalue weighted by molar-refractivity contribution is 5.26. The minimum atomic E-state index is -0.592. The molecule has 0 spiro atoms. The monoisotopic (exact) mass is 171 g/mol. The molecule has 1 N–H and O–H groups in total. The maximum Gasteiger partial charge on any atom is 0.250 e. The second-order valence-corrected chi connectivity index (χ2v) is 2.40. The number of methoxy groups -OCH3 is 1. The largest absolute Gasteiger partial charge is 0.479 e. The van der Waals surface area contributed by atoms with Gasteiger partial charge in [-0.3, -0.25) is 0 Å². The number of aliphatic hydroxyl groups is 1. The molecule has 0 unspecified atom stereocenters. The molecule has 3 nitrogen and oxygen atoms in total. The van der Waals surface area contributed by atoms with E-state index in [2.05, 4.69) is 9.72 Å². The van der Waals surface area contributed by atoms with Gasteiger partial charge in [0.15, 0.2) is 5.82 Å². The third-order valence-electron chi connectivity index (χ3n) is 1.49. The fraction of sp³-hybridized carbons (Fsp3) is 0.375. The molecule has 4 heteroatoms. The Morgan fingerprint density at radius 1 is 1.67 bits per heavy atom. The Morgan fingerprint density at radius 2 is 2.33 bits per heavy atom. The van der Waals surface area contributed by atoms with Gasteiger partial charge in [0.2, 0.25) is 0 Å². The van der Waals surface area contributed by atoms with Crippen molar-refractivity contribution in [3.05, 3.63) is 23.1 Å². The highest BCUT2D eigenvalue weighted by Crippen LogP contribution is 2.18. The molecule has 0 aliphatic carbocycles. The van der Waals surface area contributed by atoms with Gasteiger partial charge in [-0.1, -0.05) is 0 Å². The van der Waals surface area contributed by atoms with E-state index < -0.39 is 5.82 Å². The zero-order chi connectivity index (χ0) is 9.14. The van der Waals surface area contributed by atoms with Crippen molar-refractivity contribution in [1.29, 1.82) is 0 Å². The summed E-state index contributed by atoms with van der Waals surface area (Å²) in [5.74, 6) is -0.662. The molecule has 1 aromatic rings. The number of nitrogens with zero attached hydrogens (tertiary/aromatic N) is 1. The van der Waals surface area contributed by atoms with Gasteiger partial charge in [0, 0.05) is 11.3 Å². The number of hydrogen-bond donors (Lipinski definition) is 1. The maximum absolute atomic E-state index is 13.1. The van der Waals surface area contributed by atoms with E-state index in [9.17, 15) is 4.39 Å². The SMILES string of the molecule is COc1nc(C)cc(CO)c1F. The summed E-state index contributed by atoms with van der Waals surface area (Å²) < 4.78 is 17.8. The summed E-state index contributed by atoms with van der Waals surface area (Å²) in [6.07, 6.45) is 0. The Kier molecular flexibility index (Phi) is 2.60. The van der Waals surface area contributed by atoms with Crippen LogP contribution in [0.4, 0.5) is 4.39 Å². The standard InChI is InChI=1S/C8H10FNO2/c1-5-3-6(4-11)7(9)8(10-5)12-2/h3,11H,4H2,1-2H3. The lowest BCUT2D eigenvalue weighted by molar-refractivity contribution is 0.271. The van der Waals surface area contributed by atoms with Crippen molar-refractivity contribution < 1.29 is 14.2 Å². The van der Waals surface area contributed by atoms with E-state index in [0.717, 1.165) is 0 Å². The topological polar surface area (TPSA) is 42.4 Å². The van der Waals surface area contributed by atoms with Crippen LogP contribution in [-0.4, -0.2) is 17.2 Å². The molecule has 1 rings (SSSR count). The first-order valence-corrected chi connectivity index (χ1v) is 3.50. The number of halogens is 1. The zero-order valence-corrected chi connectivity index (χ0v) is 6.97. The predicted molar refractivity (Wildman–Crippen MR) is 41.4 cm³/mol. The van der Waals surface area contributed by atoms with Crippen LogP contribution >= 0.6 is 0 Å². The quantitative estimate of drug-likeness (QED) is 0.722. The summed E-state index contributed by atoms with van der Waals surface area (Å²) >= 11 is 0. The van der Waals surface area contributed by atoms with Crippen molar-refractivity contribution in [2.24, 2.45) is 0 Å². The number of hydrogen-bond acceptors (Lipinski definition) is 3. The Bertz CT molecular complexity index is 263. The predicted octanol–water partition coefficient (Wildman–Crippen LogP) is 1.03. The van der Waals surface area contributed by atoms with Crippen LogP contribution in [0.5, 0.6) is 5.88 Å². The molecule has 1 aromatic heterocycles. The second kappa shape index (κ2) is 3.49. The lowest BCUT2D eigenvalue weighted by atomic mass is 10.2. The number of rotatable bonds is 2. The van der Waals surface area contributed by atoms with Gasteiger partial charge in [-0.05, 0) is 13.0 Å². The van der Waals surface area contributed by atoms with E-state index in [1.54, 1.807) is 6.92 Å². The van der Waals surface area contributed by atoms with Gasteiger partial charge in [-0.15, -0.1) is 0 Å². The van der Waals surface area contributed by atoms with E-state index in [1.807, 2.05) is 0 Å². The summed E-state index contributed by atoms with van der Waals surface area (Å²) in [6.45, 7) is 1.37. The first kappa shape index (κ1) is 8.93. The van der Waals surface area contributed by atoms with E-state index in [0.29, 0.717) is 5.69 Å². The lowest BCUT2D eigenvalue weighted by Crippen LogP contribution is -1.99. The number of aryl methyl sites for hydroxylation is 1. The highest BCUT2D eigenvalue weighted by atomic mass is 19.1. The van der Waals surface area contributed by atoms with Crippen LogP contribution in [-0.2, 0) is 6.61 Å². The molecule has 0 saturated heterocycles. The van der Waals surface area contributed by atoms with Crippen molar-refractivity contribution in [1.82, 2.24) is 4.98 Å². The number of pyridine rings is 1. The summed E-state index contributed by atoms with van der Waals surface area (Å²) in [7, 11) is 1.34.